The number of rotatable bonds is 7. The smallest absolute Gasteiger partial charge is 0.191 e. The van der Waals surface area contributed by atoms with Crippen LogP contribution in [-0.4, -0.2) is 37.2 Å². The van der Waals surface area contributed by atoms with Crippen LogP contribution in [-0.2, 0) is 11.3 Å². The molecule has 0 spiro atoms. The SMILES string of the molecule is CCNC(=NCc1ccc(Cl)nc1)NCCOCC. The van der Waals surface area contributed by atoms with Gasteiger partial charge >= 0.3 is 0 Å². The zero-order chi connectivity index (χ0) is 13.9. The number of aliphatic imine (C=N–C) groups is 1. The van der Waals surface area contributed by atoms with E-state index in [2.05, 4.69) is 20.6 Å². The van der Waals surface area contributed by atoms with E-state index in [0.717, 1.165) is 31.2 Å². The molecule has 0 atom stereocenters. The Kier molecular flexibility index (Phi) is 7.93. The highest BCUT2D eigenvalue weighted by molar-refractivity contribution is 6.29. The quantitative estimate of drug-likeness (QED) is 0.347. The van der Waals surface area contributed by atoms with Crippen LogP contribution in [0.1, 0.15) is 19.4 Å². The normalized spacial score (nSPS) is 11.4. The van der Waals surface area contributed by atoms with Crippen molar-refractivity contribution in [1.29, 1.82) is 0 Å². The molecule has 19 heavy (non-hydrogen) atoms. The third-order valence-electron chi connectivity index (χ3n) is 2.30. The fraction of sp³-hybridized carbons (Fsp3) is 0.538. The van der Waals surface area contributed by atoms with Crippen LogP contribution < -0.4 is 10.6 Å². The third kappa shape index (κ3) is 6.98. The van der Waals surface area contributed by atoms with Crippen LogP contribution in [0.5, 0.6) is 0 Å². The van der Waals surface area contributed by atoms with Gasteiger partial charge in [0.1, 0.15) is 5.15 Å². The second-order valence-corrected chi connectivity index (χ2v) is 4.20. The summed E-state index contributed by atoms with van der Waals surface area (Å²) in [5.74, 6) is 0.775. The minimum Gasteiger partial charge on any atom is -0.380 e. The molecule has 0 aliphatic heterocycles. The second kappa shape index (κ2) is 9.58. The van der Waals surface area contributed by atoms with Crippen molar-refractivity contribution in [2.45, 2.75) is 20.4 Å². The Hall–Kier alpha value is -1.33. The number of aromatic nitrogens is 1. The fourth-order valence-electron chi connectivity index (χ4n) is 1.40. The molecule has 0 bridgehead atoms. The zero-order valence-corrected chi connectivity index (χ0v) is 12.2. The first-order valence-electron chi connectivity index (χ1n) is 6.46. The van der Waals surface area contributed by atoms with Crippen molar-refractivity contribution in [3.63, 3.8) is 0 Å². The summed E-state index contributed by atoms with van der Waals surface area (Å²) in [7, 11) is 0. The second-order valence-electron chi connectivity index (χ2n) is 3.81. The molecular weight excluding hydrogens is 264 g/mol. The predicted octanol–water partition coefficient (Wildman–Crippen LogP) is 1.83. The summed E-state index contributed by atoms with van der Waals surface area (Å²) in [5, 5.41) is 6.88. The number of hydrogen-bond donors (Lipinski definition) is 2. The number of halogens is 1. The van der Waals surface area contributed by atoms with Gasteiger partial charge in [0.15, 0.2) is 5.96 Å². The maximum absolute atomic E-state index is 5.74. The number of hydrogen-bond acceptors (Lipinski definition) is 3. The monoisotopic (exact) mass is 284 g/mol. The van der Waals surface area contributed by atoms with Crippen molar-refractivity contribution in [1.82, 2.24) is 15.6 Å². The van der Waals surface area contributed by atoms with Gasteiger partial charge in [-0.2, -0.15) is 0 Å². The predicted molar refractivity (Wildman–Crippen MR) is 78.6 cm³/mol. The van der Waals surface area contributed by atoms with E-state index in [0.29, 0.717) is 18.3 Å². The lowest BCUT2D eigenvalue weighted by Crippen LogP contribution is -2.39. The zero-order valence-electron chi connectivity index (χ0n) is 11.4. The molecule has 0 amide bonds. The van der Waals surface area contributed by atoms with Gasteiger partial charge in [0, 0.05) is 25.9 Å². The largest absolute Gasteiger partial charge is 0.380 e. The first-order valence-corrected chi connectivity index (χ1v) is 6.84. The van der Waals surface area contributed by atoms with E-state index in [1.165, 1.54) is 0 Å². The maximum Gasteiger partial charge on any atom is 0.191 e. The summed E-state index contributed by atoms with van der Waals surface area (Å²) >= 11 is 5.74. The standard InChI is InChI=1S/C13H21ClN4O/c1-3-15-13(16-7-8-19-4-2)18-10-11-5-6-12(14)17-9-11/h5-6,9H,3-4,7-8,10H2,1-2H3,(H2,15,16,18). The Bertz CT molecular complexity index is 381. The summed E-state index contributed by atoms with van der Waals surface area (Å²) in [4.78, 5) is 8.49. The highest BCUT2D eigenvalue weighted by Gasteiger charge is 1.97. The molecule has 0 saturated heterocycles. The average molecular weight is 285 g/mol. The summed E-state index contributed by atoms with van der Waals surface area (Å²) < 4.78 is 5.27. The Morgan fingerprint density at radius 3 is 2.84 bits per heavy atom. The van der Waals surface area contributed by atoms with Crippen LogP contribution >= 0.6 is 11.6 Å². The Balaban J connectivity index is 2.45. The third-order valence-corrected chi connectivity index (χ3v) is 2.52. The highest BCUT2D eigenvalue weighted by atomic mass is 35.5. The average Bonchev–Trinajstić information content (AvgIpc) is 2.42. The Morgan fingerprint density at radius 2 is 2.21 bits per heavy atom. The van der Waals surface area contributed by atoms with Crippen molar-refractivity contribution >= 4 is 17.6 Å². The molecule has 0 radical (unpaired) electrons. The minimum absolute atomic E-state index is 0.495. The van der Waals surface area contributed by atoms with Gasteiger partial charge in [-0.1, -0.05) is 17.7 Å². The van der Waals surface area contributed by atoms with E-state index >= 15 is 0 Å². The summed E-state index contributed by atoms with van der Waals surface area (Å²) in [6.45, 7) is 7.53. The lowest BCUT2D eigenvalue weighted by molar-refractivity contribution is 0.152. The lowest BCUT2D eigenvalue weighted by atomic mass is 10.3. The van der Waals surface area contributed by atoms with Gasteiger partial charge in [-0.25, -0.2) is 9.98 Å². The van der Waals surface area contributed by atoms with Crippen LogP contribution in [0, 0.1) is 0 Å². The number of guanidine groups is 1. The molecule has 1 aromatic rings. The van der Waals surface area contributed by atoms with Gasteiger partial charge in [-0.15, -0.1) is 0 Å². The van der Waals surface area contributed by atoms with E-state index in [-0.39, 0.29) is 0 Å². The molecule has 106 valence electrons. The first-order chi connectivity index (χ1) is 9.26. The van der Waals surface area contributed by atoms with Crippen molar-refractivity contribution in [3.8, 4) is 0 Å². The van der Waals surface area contributed by atoms with Crippen LogP contribution in [0.15, 0.2) is 23.3 Å². The molecule has 0 aliphatic rings. The van der Waals surface area contributed by atoms with Gasteiger partial charge in [0.05, 0.1) is 13.2 Å². The van der Waals surface area contributed by atoms with Crippen LogP contribution in [0.2, 0.25) is 5.15 Å². The molecule has 0 aromatic carbocycles. The molecule has 1 heterocycles. The van der Waals surface area contributed by atoms with Crippen LogP contribution in [0.4, 0.5) is 0 Å². The molecule has 0 saturated carbocycles. The molecule has 0 unspecified atom stereocenters. The lowest BCUT2D eigenvalue weighted by Gasteiger charge is -2.11. The van der Waals surface area contributed by atoms with Gasteiger partial charge in [-0.05, 0) is 25.5 Å². The topological polar surface area (TPSA) is 58.5 Å². The van der Waals surface area contributed by atoms with Crippen molar-refractivity contribution in [3.05, 3.63) is 29.0 Å². The molecule has 1 rings (SSSR count). The van der Waals surface area contributed by atoms with Gasteiger partial charge < -0.3 is 15.4 Å². The van der Waals surface area contributed by atoms with Crippen LogP contribution in [0.3, 0.4) is 0 Å². The number of nitrogens with one attached hydrogen (secondary N) is 2. The summed E-state index contributed by atoms with van der Waals surface area (Å²) in [6, 6.07) is 3.68. The molecule has 6 heteroatoms. The molecular formula is C13H21ClN4O. The van der Waals surface area contributed by atoms with E-state index in [1.54, 1.807) is 12.3 Å². The van der Waals surface area contributed by atoms with E-state index < -0.39 is 0 Å². The van der Waals surface area contributed by atoms with Crippen molar-refractivity contribution in [2.75, 3.05) is 26.3 Å². The molecule has 1 aromatic heterocycles. The minimum atomic E-state index is 0.495. The Morgan fingerprint density at radius 1 is 1.37 bits per heavy atom. The van der Waals surface area contributed by atoms with Crippen molar-refractivity contribution < 1.29 is 4.74 Å². The Labute approximate surface area is 119 Å². The fourth-order valence-corrected chi connectivity index (χ4v) is 1.51. The van der Waals surface area contributed by atoms with Gasteiger partial charge in [-0.3, -0.25) is 0 Å². The van der Waals surface area contributed by atoms with Gasteiger partial charge in [0.2, 0.25) is 0 Å². The molecule has 2 N–H and O–H groups in total. The molecule has 5 nitrogen and oxygen atoms in total. The molecule has 0 fully saturated rings. The van der Waals surface area contributed by atoms with Crippen molar-refractivity contribution in [2.24, 2.45) is 4.99 Å². The van der Waals surface area contributed by atoms with Gasteiger partial charge in [0.25, 0.3) is 0 Å². The first kappa shape index (κ1) is 15.7. The summed E-state index contributed by atoms with van der Waals surface area (Å²) in [5.41, 5.74) is 1.02. The van der Waals surface area contributed by atoms with E-state index in [1.807, 2.05) is 19.9 Å². The number of nitrogens with zero attached hydrogens (tertiary/aromatic N) is 2. The highest BCUT2D eigenvalue weighted by Crippen LogP contribution is 2.05. The molecule has 0 aliphatic carbocycles. The van der Waals surface area contributed by atoms with Crippen LogP contribution in [0.25, 0.3) is 0 Å². The number of pyridine rings is 1. The summed E-state index contributed by atoms with van der Waals surface area (Å²) in [6.07, 6.45) is 1.73. The van der Waals surface area contributed by atoms with E-state index in [9.17, 15) is 0 Å². The van der Waals surface area contributed by atoms with E-state index in [4.69, 9.17) is 16.3 Å². The maximum atomic E-state index is 5.74. The number of ether oxygens (including phenoxy) is 1.